The second-order valence-electron chi connectivity index (χ2n) is 7.45. The van der Waals surface area contributed by atoms with Gasteiger partial charge in [-0.2, -0.15) is 0 Å². The average molecular weight is 421 g/mol. The molecule has 0 aliphatic carbocycles. The van der Waals surface area contributed by atoms with Crippen LogP contribution < -0.4 is 10.5 Å². The molecular weight excluding hydrogens is 396 g/mol. The summed E-state index contributed by atoms with van der Waals surface area (Å²) in [5, 5.41) is 0. The van der Waals surface area contributed by atoms with Crippen molar-refractivity contribution in [3.63, 3.8) is 0 Å². The lowest BCUT2D eigenvalue weighted by Gasteiger charge is -2.33. The molecule has 4 rings (SSSR count). The van der Waals surface area contributed by atoms with E-state index >= 15 is 0 Å². The van der Waals surface area contributed by atoms with Crippen molar-refractivity contribution < 1.29 is 4.79 Å². The van der Waals surface area contributed by atoms with Crippen LogP contribution in [0.4, 0.5) is 5.95 Å². The zero-order chi connectivity index (χ0) is 21.1. The molecular formula is C23H24N4O2S. The fraction of sp³-hybridized carbons (Fsp3) is 0.304. The summed E-state index contributed by atoms with van der Waals surface area (Å²) in [5.41, 5.74) is 2.10. The third kappa shape index (κ3) is 4.16. The van der Waals surface area contributed by atoms with Gasteiger partial charge >= 0.3 is 0 Å². The molecule has 1 aromatic carbocycles. The number of benzene rings is 1. The van der Waals surface area contributed by atoms with Crippen LogP contribution in [-0.4, -0.2) is 39.7 Å². The molecule has 1 saturated heterocycles. The highest BCUT2D eigenvalue weighted by Gasteiger charge is 2.28. The summed E-state index contributed by atoms with van der Waals surface area (Å²) in [6.45, 7) is 1.33. The lowest BCUT2D eigenvalue weighted by Crippen LogP contribution is -2.41. The van der Waals surface area contributed by atoms with Crippen LogP contribution in [-0.2, 0) is 7.05 Å². The molecule has 1 atom stereocenters. The molecule has 0 saturated carbocycles. The van der Waals surface area contributed by atoms with Crippen molar-refractivity contribution in [2.75, 3.05) is 24.2 Å². The Morgan fingerprint density at radius 1 is 1.13 bits per heavy atom. The van der Waals surface area contributed by atoms with Gasteiger partial charge in [-0.1, -0.05) is 12.1 Å². The second-order valence-corrected chi connectivity index (χ2v) is 8.33. The van der Waals surface area contributed by atoms with Crippen molar-refractivity contribution in [1.29, 1.82) is 0 Å². The molecule has 3 aromatic rings. The first-order valence-corrected chi connectivity index (χ1v) is 11.2. The molecule has 3 heterocycles. The number of hydrogen-bond acceptors (Lipinski definition) is 6. The molecule has 0 N–H and O–H groups in total. The van der Waals surface area contributed by atoms with Gasteiger partial charge < -0.3 is 4.90 Å². The van der Waals surface area contributed by atoms with E-state index in [9.17, 15) is 9.59 Å². The van der Waals surface area contributed by atoms with E-state index in [-0.39, 0.29) is 17.3 Å². The van der Waals surface area contributed by atoms with Crippen molar-refractivity contribution in [3.05, 3.63) is 70.8 Å². The molecule has 1 fully saturated rings. The van der Waals surface area contributed by atoms with Crippen LogP contribution in [0.25, 0.3) is 11.3 Å². The minimum atomic E-state index is -0.118. The van der Waals surface area contributed by atoms with E-state index in [4.69, 9.17) is 4.98 Å². The van der Waals surface area contributed by atoms with E-state index in [1.54, 1.807) is 41.8 Å². The Labute approximate surface area is 180 Å². The highest BCUT2D eigenvalue weighted by Crippen LogP contribution is 2.26. The number of pyridine rings is 1. The van der Waals surface area contributed by atoms with Gasteiger partial charge in [-0.15, -0.1) is 11.8 Å². The Balaban J connectivity index is 1.60. The quantitative estimate of drug-likeness (QED) is 0.463. The smallest absolute Gasteiger partial charge is 0.255 e. The molecule has 1 aliphatic rings. The van der Waals surface area contributed by atoms with E-state index in [1.807, 2.05) is 42.7 Å². The van der Waals surface area contributed by atoms with Gasteiger partial charge in [0.05, 0.1) is 5.69 Å². The summed E-state index contributed by atoms with van der Waals surface area (Å²) in [7, 11) is 1.73. The number of rotatable bonds is 5. The number of hydrogen-bond donors (Lipinski definition) is 0. The van der Waals surface area contributed by atoms with Crippen LogP contribution in [0.5, 0.6) is 0 Å². The minimum absolute atomic E-state index is 0.111. The topological polar surface area (TPSA) is 68.1 Å². The number of carbonyl (C=O) groups excluding carboxylic acids is 1. The Morgan fingerprint density at radius 2 is 1.87 bits per heavy atom. The molecule has 154 valence electrons. The minimum Gasteiger partial charge on any atom is -0.341 e. The van der Waals surface area contributed by atoms with Crippen molar-refractivity contribution in [2.45, 2.75) is 17.7 Å². The Morgan fingerprint density at radius 3 is 2.57 bits per heavy atom. The van der Waals surface area contributed by atoms with Crippen molar-refractivity contribution in [3.8, 4) is 11.3 Å². The van der Waals surface area contributed by atoms with Gasteiger partial charge in [0.1, 0.15) is 0 Å². The van der Waals surface area contributed by atoms with Crippen LogP contribution in [0.15, 0.2) is 64.5 Å². The van der Waals surface area contributed by atoms with Crippen LogP contribution in [0, 0.1) is 5.92 Å². The number of anilines is 1. The van der Waals surface area contributed by atoms with Crippen molar-refractivity contribution in [1.82, 2.24) is 14.5 Å². The monoisotopic (exact) mass is 420 g/mol. The third-order valence-corrected chi connectivity index (χ3v) is 6.28. The highest BCUT2D eigenvalue weighted by molar-refractivity contribution is 7.98. The fourth-order valence-electron chi connectivity index (χ4n) is 3.84. The molecule has 7 heteroatoms. The molecule has 6 nitrogen and oxygen atoms in total. The summed E-state index contributed by atoms with van der Waals surface area (Å²) in [6.07, 6.45) is 7.12. The predicted molar refractivity (Wildman–Crippen MR) is 120 cm³/mol. The number of aromatic nitrogens is 3. The first-order valence-electron chi connectivity index (χ1n) is 9.98. The molecule has 0 radical (unpaired) electrons. The molecule has 2 aromatic heterocycles. The number of carbonyl (C=O) groups is 1. The Kier molecular flexibility index (Phi) is 5.99. The highest BCUT2D eigenvalue weighted by atomic mass is 32.2. The zero-order valence-electron chi connectivity index (χ0n) is 17.1. The first kappa shape index (κ1) is 20.3. The lowest BCUT2D eigenvalue weighted by atomic mass is 9.90. The van der Waals surface area contributed by atoms with Crippen molar-refractivity contribution >= 4 is 23.5 Å². The largest absolute Gasteiger partial charge is 0.341 e. The maximum atomic E-state index is 13.1. The van der Waals surface area contributed by atoms with Crippen molar-refractivity contribution in [2.24, 2.45) is 13.0 Å². The third-order valence-electron chi connectivity index (χ3n) is 5.54. The standard InChI is InChI=1S/C23H24N4O2S/c1-26-21(28)14-20(16-9-11-24-12-10-16)25-23(26)27-13-3-4-18(15-27)22(29)17-5-7-19(30-2)8-6-17/h5-12,14,18H,3-4,13,15H2,1-2H3. The second kappa shape index (κ2) is 8.83. The fourth-order valence-corrected chi connectivity index (χ4v) is 4.25. The van der Waals surface area contributed by atoms with E-state index in [1.165, 1.54) is 0 Å². The molecule has 1 aliphatic heterocycles. The maximum Gasteiger partial charge on any atom is 0.255 e. The summed E-state index contributed by atoms with van der Waals surface area (Å²) in [5.74, 6) is 0.646. The predicted octanol–water partition coefficient (Wildman–Crippen LogP) is 3.66. The van der Waals surface area contributed by atoms with Gasteiger partial charge in [-0.3, -0.25) is 19.1 Å². The van der Waals surface area contributed by atoms with Gasteiger partial charge in [-0.25, -0.2) is 4.98 Å². The summed E-state index contributed by atoms with van der Waals surface area (Å²) < 4.78 is 1.56. The lowest BCUT2D eigenvalue weighted by molar-refractivity contribution is 0.0906. The van der Waals surface area contributed by atoms with Gasteiger partial charge in [0.25, 0.3) is 5.56 Å². The zero-order valence-corrected chi connectivity index (χ0v) is 17.9. The Bertz CT molecular complexity index is 1100. The summed E-state index contributed by atoms with van der Waals surface area (Å²) >= 11 is 1.66. The summed E-state index contributed by atoms with van der Waals surface area (Å²) in [6, 6.07) is 13.0. The van der Waals surface area contributed by atoms with E-state index in [2.05, 4.69) is 9.88 Å². The van der Waals surface area contributed by atoms with Gasteiger partial charge in [0, 0.05) is 60.5 Å². The average Bonchev–Trinajstić information content (AvgIpc) is 2.81. The van der Waals surface area contributed by atoms with E-state index in [0.29, 0.717) is 18.2 Å². The van der Waals surface area contributed by atoms with Gasteiger partial charge in [-0.05, 0) is 43.4 Å². The maximum absolute atomic E-state index is 13.1. The van der Waals surface area contributed by atoms with Gasteiger partial charge in [0.15, 0.2) is 5.78 Å². The number of Topliss-reactive ketones (excluding diaryl/α,β-unsaturated/α-hetero) is 1. The summed E-state index contributed by atoms with van der Waals surface area (Å²) in [4.78, 5) is 37.7. The molecule has 0 amide bonds. The number of ketones is 1. The molecule has 30 heavy (non-hydrogen) atoms. The number of nitrogens with zero attached hydrogens (tertiary/aromatic N) is 4. The van der Waals surface area contributed by atoms with E-state index in [0.717, 1.165) is 35.4 Å². The van der Waals surface area contributed by atoms with E-state index < -0.39 is 0 Å². The van der Waals surface area contributed by atoms with Crippen LogP contribution >= 0.6 is 11.8 Å². The first-order chi connectivity index (χ1) is 14.6. The SMILES string of the molecule is CSc1ccc(C(=O)C2CCCN(c3nc(-c4ccncc4)cc(=O)n3C)C2)cc1. The molecule has 0 bridgehead atoms. The Hall–Kier alpha value is -2.93. The van der Waals surface area contributed by atoms with Crippen LogP contribution in [0.1, 0.15) is 23.2 Å². The normalized spacial score (nSPS) is 16.5. The van der Waals surface area contributed by atoms with Crippen LogP contribution in [0.2, 0.25) is 0 Å². The van der Waals surface area contributed by atoms with Crippen LogP contribution in [0.3, 0.4) is 0 Å². The van der Waals surface area contributed by atoms with Gasteiger partial charge in [0.2, 0.25) is 5.95 Å². The molecule has 0 spiro atoms. The number of thioether (sulfide) groups is 1. The number of piperidine rings is 1. The molecule has 1 unspecified atom stereocenters.